The van der Waals surface area contributed by atoms with Crippen LogP contribution in [0.15, 0.2) is 176 Å². The second-order valence-electron chi connectivity index (χ2n) is 40.1. The number of pyridine rings is 4. The highest BCUT2D eigenvalue weighted by Gasteiger charge is 2.37. The van der Waals surface area contributed by atoms with Gasteiger partial charge in [-0.1, -0.05) is 199 Å². The van der Waals surface area contributed by atoms with Gasteiger partial charge in [-0.3, -0.25) is 0 Å². The molecule has 8 aromatic carbocycles. The maximum Gasteiger partial charge on any atom is 0.213 e. The average molecular weight is 1570 g/mol. The van der Waals surface area contributed by atoms with Gasteiger partial charge in [0.1, 0.15) is 28.2 Å². The van der Waals surface area contributed by atoms with Crippen LogP contribution in [-0.2, 0) is 53.9 Å². The second-order valence-corrected chi connectivity index (χ2v) is 40.1. The van der Waals surface area contributed by atoms with Gasteiger partial charge >= 0.3 is 0 Å². The third-order valence-corrected chi connectivity index (χ3v) is 30.4. The van der Waals surface area contributed by atoms with Crippen LogP contribution in [0.4, 0.5) is 0 Å². The molecule has 12 aromatic rings. The molecule has 8 aliphatic carbocycles. The van der Waals surface area contributed by atoms with Crippen molar-refractivity contribution in [3.8, 4) is 89.5 Å². The van der Waals surface area contributed by atoms with Gasteiger partial charge in [0.05, 0.1) is 22.3 Å². The molecule has 8 aliphatic rings. The molecule has 0 radical (unpaired) electrons. The summed E-state index contributed by atoms with van der Waals surface area (Å²) in [4.78, 5) is 0. The third kappa shape index (κ3) is 15.8. The van der Waals surface area contributed by atoms with E-state index >= 15 is 0 Å². The van der Waals surface area contributed by atoms with Crippen LogP contribution in [0.3, 0.4) is 0 Å². The Labute approximate surface area is 715 Å². The van der Waals surface area contributed by atoms with E-state index in [1.807, 2.05) is 0 Å². The Kier molecular flexibility index (Phi) is 22.7. The zero-order valence-corrected chi connectivity index (χ0v) is 75.9. The Morgan fingerprint density at radius 1 is 0.244 bits per heavy atom. The lowest BCUT2D eigenvalue weighted by atomic mass is 9.70. The van der Waals surface area contributed by atoms with Gasteiger partial charge in [0.25, 0.3) is 0 Å². The molecule has 0 saturated heterocycles. The molecule has 4 fully saturated rings. The van der Waals surface area contributed by atoms with Gasteiger partial charge in [0.15, 0.2) is 24.8 Å². The first-order valence-corrected chi connectivity index (χ1v) is 46.0. The van der Waals surface area contributed by atoms with Crippen LogP contribution in [0.25, 0.3) is 89.5 Å². The molecular weight excluding hydrogens is 1440 g/mol. The predicted molar refractivity (Wildman–Crippen MR) is 499 cm³/mol. The summed E-state index contributed by atoms with van der Waals surface area (Å²) in [5, 5.41) is 0. The molecule has 0 N–H and O–H groups in total. The van der Waals surface area contributed by atoms with Crippen molar-refractivity contribution in [3.63, 3.8) is 0 Å². The molecule has 0 atom stereocenters. The molecule has 4 heterocycles. The molecule has 0 aliphatic heterocycles. The number of aryl methyl sites for hydroxylation is 15. The number of rotatable bonds is 8. The Bertz CT molecular complexity index is 5950. The smallest absolute Gasteiger partial charge is 0.201 e. The van der Waals surface area contributed by atoms with E-state index in [1.54, 1.807) is 22.3 Å². The van der Waals surface area contributed by atoms with Gasteiger partial charge in [0.2, 0.25) is 22.8 Å². The summed E-state index contributed by atoms with van der Waals surface area (Å²) in [5.41, 5.74) is 57.5. The fraction of sp³-hybridized carbons (Fsp3) is 0.409. The van der Waals surface area contributed by atoms with Crippen molar-refractivity contribution in [1.29, 1.82) is 0 Å². The fourth-order valence-corrected chi connectivity index (χ4v) is 23.7. The maximum atomic E-state index is 2.54. The minimum absolute atomic E-state index is 0.507. The second kappa shape index (κ2) is 33.1. The van der Waals surface area contributed by atoms with E-state index in [0.717, 1.165) is 37.5 Å². The lowest BCUT2D eigenvalue weighted by molar-refractivity contribution is -0.661. The van der Waals surface area contributed by atoms with E-state index in [-0.39, 0.29) is 0 Å². The monoisotopic (exact) mass is 1570 g/mol. The van der Waals surface area contributed by atoms with Gasteiger partial charge in [-0.05, 0) is 358 Å². The van der Waals surface area contributed by atoms with Crippen molar-refractivity contribution >= 4 is 0 Å². The largest absolute Gasteiger partial charge is 0.213 e. The minimum atomic E-state index is 0.507. The van der Waals surface area contributed by atoms with Crippen LogP contribution >= 0.6 is 0 Å². The Balaban J connectivity index is 0.000000113. The van der Waals surface area contributed by atoms with Crippen LogP contribution in [-0.4, -0.2) is 0 Å². The summed E-state index contributed by atoms with van der Waals surface area (Å²) in [6, 6.07) is 57.9. The van der Waals surface area contributed by atoms with Crippen LogP contribution in [0, 0.1) is 87.0 Å². The van der Waals surface area contributed by atoms with E-state index < -0.39 is 0 Å². The molecular formula is C115H134N4+4. The number of fused-ring (bicyclic) bond motifs is 12. The summed E-state index contributed by atoms with van der Waals surface area (Å²) in [5.74, 6) is 2.90. The first-order chi connectivity index (χ1) is 57.2. The standard InChI is InChI=1S/C30H36N.C29H34N.2C28H32N/c1-19-15-20(2)29(26-16-23-9-7-8-10-24(23)28(19)26)27-17-25(21(3)18-31(27)6)22-11-13-30(4,5)14-12-22;1-19-10-11-24-23-9-7-6-8-22(23)16-26(24)28(19)27-17-25(20(2)18-30(27)5)21-12-14-29(3,4)15-13-21;1-18-9-8-12-22-23-14-13-19(2)28(25(23)16-24(18)22)27-15-20(3)26(17-29(27)4)21-10-6-5-7-11-21;1-18-10-12-23-22(14-18)16-25-24(23)13-11-19(2)28(25)27-15-20(3)26(17-29(27)4)21-8-6-5-7-9-21/h7-10,15,17-18,22H,11-14,16H2,1-6H3;6-11,17-18,21H,12-16H2,1-5H3;8-9,12-15,17,21H,5-7,10-11,16H2,1-4H3;10-15,17,21H,5-9,16H2,1-4H3/q4*+1. The van der Waals surface area contributed by atoms with E-state index in [4.69, 9.17) is 0 Å². The summed E-state index contributed by atoms with van der Waals surface area (Å²) >= 11 is 0. The van der Waals surface area contributed by atoms with Crippen LogP contribution in [0.1, 0.15) is 295 Å². The molecule has 119 heavy (non-hydrogen) atoms. The van der Waals surface area contributed by atoms with Crippen LogP contribution in [0.2, 0.25) is 0 Å². The van der Waals surface area contributed by atoms with Gasteiger partial charge in [-0.2, -0.15) is 0 Å². The van der Waals surface area contributed by atoms with Crippen molar-refractivity contribution < 1.29 is 18.3 Å². The Morgan fingerprint density at radius 3 is 1.10 bits per heavy atom. The summed E-state index contributed by atoms with van der Waals surface area (Å²) < 4.78 is 9.52. The average Bonchev–Trinajstić information content (AvgIpc) is 1.62. The van der Waals surface area contributed by atoms with E-state index in [2.05, 4.69) is 327 Å². The van der Waals surface area contributed by atoms with Gasteiger partial charge in [-0.25, -0.2) is 18.3 Å². The van der Waals surface area contributed by atoms with Gasteiger partial charge < -0.3 is 0 Å². The maximum absolute atomic E-state index is 2.54. The minimum Gasteiger partial charge on any atom is -0.201 e. The molecule has 0 bridgehead atoms. The van der Waals surface area contributed by atoms with E-state index in [1.165, 1.54) is 311 Å². The molecule has 4 saturated carbocycles. The molecule has 0 unspecified atom stereocenters. The van der Waals surface area contributed by atoms with Crippen molar-refractivity contribution in [2.24, 2.45) is 39.0 Å². The number of nitrogens with zero attached hydrogens (tertiary/aromatic N) is 4. The van der Waals surface area contributed by atoms with Gasteiger partial charge in [-0.15, -0.1) is 0 Å². The Morgan fingerprint density at radius 2 is 0.605 bits per heavy atom. The number of hydrogen-bond donors (Lipinski definition) is 0. The zero-order valence-electron chi connectivity index (χ0n) is 75.9. The first-order valence-electron chi connectivity index (χ1n) is 46.0. The van der Waals surface area contributed by atoms with Crippen molar-refractivity contribution in [2.75, 3.05) is 0 Å². The SMILES string of the molecule is Cc1c[n+](C)c(-c2c(C)cc(C)c3c2Cc2ccccc2-3)cc1C1CCC(C)(C)CC1.Cc1c[n+](C)c(-c2c(C)ccc3c2Cc2ccccc2-3)cc1C1CCC(C)(C)CC1.Cc1cc(-c2c(C)ccc3c2Cc2c(C)cccc2-3)[n+](C)cc1C1CCCCC1.Cc1ccc2c(c1)Cc1c-2ccc(C)c1-c1cc(C)c(C2CCCCC2)c[n+]1C. The highest BCUT2D eigenvalue weighted by molar-refractivity contribution is 5.90. The van der Waals surface area contributed by atoms with Crippen molar-refractivity contribution in [3.05, 3.63) is 304 Å². The first kappa shape index (κ1) is 81.7. The van der Waals surface area contributed by atoms with Crippen LogP contribution < -0.4 is 18.3 Å². The number of hydrogen-bond acceptors (Lipinski definition) is 0. The van der Waals surface area contributed by atoms with Crippen molar-refractivity contribution in [1.82, 2.24) is 0 Å². The van der Waals surface area contributed by atoms with Gasteiger partial charge in [0, 0.05) is 46.5 Å². The number of aromatic nitrogens is 4. The topological polar surface area (TPSA) is 15.5 Å². The summed E-state index contributed by atoms with van der Waals surface area (Å²) in [7, 11) is 8.93. The lowest BCUT2D eigenvalue weighted by Gasteiger charge is -2.35. The van der Waals surface area contributed by atoms with E-state index in [9.17, 15) is 0 Å². The fourth-order valence-electron chi connectivity index (χ4n) is 23.7. The normalized spacial score (nSPS) is 16.8. The number of benzene rings is 8. The quantitative estimate of drug-likeness (QED) is 0.135. The van der Waals surface area contributed by atoms with Crippen LogP contribution in [0.5, 0.6) is 0 Å². The molecule has 610 valence electrons. The lowest BCUT2D eigenvalue weighted by Crippen LogP contribution is -2.33. The molecule has 4 aromatic heterocycles. The zero-order chi connectivity index (χ0) is 83.2. The molecule has 4 heteroatoms. The Hall–Kier alpha value is -9.64. The molecule has 0 spiro atoms. The highest BCUT2D eigenvalue weighted by Crippen LogP contribution is 2.52. The van der Waals surface area contributed by atoms with Crippen molar-refractivity contribution in [2.45, 2.75) is 269 Å². The summed E-state index contributed by atoms with van der Waals surface area (Å²) in [6.45, 7) is 34.8. The molecule has 20 rings (SSSR count). The third-order valence-electron chi connectivity index (χ3n) is 30.4. The summed E-state index contributed by atoms with van der Waals surface area (Å²) in [6.07, 6.45) is 38.2. The highest BCUT2D eigenvalue weighted by atomic mass is 14.9. The predicted octanol–water partition coefficient (Wildman–Crippen LogP) is 27.9. The van der Waals surface area contributed by atoms with E-state index in [0.29, 0.717) is 22.7 Å². The molecule has 0 amide bonds. The molecule has 4 nitrogen and oxygen atoms in total.